The Labute approximate surface area is 221 Å². The van der Waals surface area contributed by atoms with Gasteiger partial charge in [-0.05, 0) is 29.9 Å². The molecule has 1 heterocycles. The van der Waals surface area contributed by atoms with E-state index in [0.29, 0.717) is 6.42 Å². The van der Waals surface area contributed by atoms with E-state index in [-0.39, 0.29) is 12.3 Å². The van der Waals surface area contributed by atoms with E-state index in [1.165, 1.54) is 0 Å². The van der Waals surface area contributed by atoms with Crippen LogP contribution in [0.5, 0.6) is 0 Å². The van der Waals surface area contributed by atoms with Gasteiger partial charge in [-0.2, -0.15) is 0 Å². The van der Waals surface area contributed by atoms with Crippen LogP contribution in [0.4, 0.5) is 0 Å². The third-order valence-electron chi connectivity index (χ3n) is 6.06. The number of benzene rings is 1. The van der Waals surface area contributed by atoms with E-state index >= 15 is 0 Å². The highest BCUT2D eigenvalue weighted by Crippen LogP contribution is 2.19. The van der Waals surface area contributed by atoms with E-state index in [0.717, 1.165) is 16.5 Å². The molecule has 9 N–H and O–H groups in total. The van der Waals surface area contributed by atoms with Crippen molar-refractivity contribution in [1.29, 1.82) is 0 Å². The number of aromatic nitrogens is 1. The van der Waals surface area contributed by atoms with Crippen molar-refractivity contribution in [2.24, 2.45) is 23.3 Å². The number of para-hydroxylation sites is 1. The summed E-state index contributed by atoms with van der Waals surface area (Å²) >= 11 is 0. The van der Waals surface area contributed by atoms with E-state index in [9.17, 15) is 29.1 Å². The van der Waals surface area contributed by atoms with Crippen molar-refractivity contribution in [2.45, 2.75) is 71.1 Å². The molecule has 4 unspecified atom stereocenters. The molecular formula is C26H38N6O6. The fourth-order valence-corrected chi connectivity index (χ4v) is 4.07. The lowest BCUT2D eigenvalue weighted by Gasteiger charge is -2.27. The molecule has 2 aromatic rings. The van der Waals surface area contributed by atoms with Crippen LogP contribution in [0.2, 0.25) is 0 Å². The summed E-state index contributed by atoms with van der Waals surface area (Å²) in [5, 5.41) is 17.8. The number of H-pyrrole nitrogens is 1. The zero-order valence-electron chi connectivity index (χ0n) is 22.1. The molecule has 0 radical (unpaired) electrons. The van der Waals surface area contributed by atoms with Gasteiger partial charge in [-0.3, -0.25) is 19.2 Å². The lowest BCUT2D eigenvalue weighted by molar-refractivity contribution is -0.144. The first kappa shape index (κ1) is 30.3. The summed E-state index contributed by atoms with van der Waals surface area (Å²) in [5.41, 5.74) is 12.8. The topological polar surface area (TPSA) is 209 Å². The molecule has 0 aliphatic heterocycles. The van der Waals surface area contributed by atoms with Crippen LogP contribution in [0.15, 0.2) is 30.5 Å². The first-order valence-electron chi connectivity index (χ1n) is 12.5. The lowest BCUT2D eigenvalue weighted by atomic mass is 9.99. The van der Waals surface area contributed by atoms with Gasteiger partial charge in [0.15, 0.2) is 0 Å². The van der Waals surface area contributed by atoms with Crippen LogP contribution >= 0.6 is 0 Å². The quantitative estimate of drug-likeness (QED) is 0.180. The second-order valence-electron chi connectivity index (χ2n) is 10.2. The first-order valence-corrected chi connectivity index (χ1v) is 12.5. The molecule has 12 heteroatoms. The average molecular weight is 531 g/mol. The van der Waals surface area contributed by atoms with Crippen LogP contribution in [0, 0.1) is 11.8 Å². The number of nitrogens with one attached hydrogen (secondary N) is 4. The van der Waals surface area contributed by atoms with Crippen molar-refractivity contribution < 1.29 is 29.1 Å². The molecule has 0 bridgehead atoms. The van der Waals surface area contributed by atoms with Gasteiger partial charge in [0.2, 0.25) is 23.6 Å². The first-order chi connectivity index (χ1) is 17.8. The number of amides is 4. The minimum absolute atomic E-state index is 0.113. The zero-order chi connectivity index (χ0) is 28.6. The number of primary amides is 1. The number of fused-ring (bicyclic) bond motifs is 1. The number of aromatic amines is 1. The molecule has 1 aromatic carbocycles. The Hall–Kier alpha value is -3.93. The Bertz CT molecular complexity index is 1160. The Morgan fingerprint density at radius 1 is 0.921 bits per heavy atom. The monoisotopic (exact) mass is 530 g/mol. The summed E-state index contributed by atoms with van der Waals surface area (Å²) < 4.78 is 0. The molecule has 0 saturated heterocycles. The van der Waals surface area contributed by atoms with E-state index in [1.54, 1.807) is 20.0 Å². The number of carbonyl (C=O) groups is 5. The molecule has 38 heavy (non-hydrogen) atoms. The van der Waals surface area contributed by atoms with Crippen LogP contribution in [0.3, 0.4) is 0 Å². The molecule has 4 atom stereocenters. The second-order valence-corrected chi connectivity index (χ2v) is 10.2. The van der Waals surface area contributed by atoms with Gasteiger partial charge in [-0.25, -0.2) is 4.79 Å². The summed E-state index contributed by atoms with van der Waals surface area (Å²) in [6.07, 6.45) is 1.68. The van der Waals surface area contributed by atoms with Gasteiger partial charge in [0, 0.05) is 23.5 Å². The third-order valence-corrected chi connectivity index (χ3v) is 6.06. The predicted molar refractivity (Wildman–Crippen MR) is 142 cm³/mol. The Balaban J connectivity index is 2.28. The molecule has 0 aliphatic rings. The van der Waals surface area contributed by atoms with Gasteiger partial charge in [0.25, 0.3) is 0 Å². The highest BCUT2D eigenvalue weighted by molar-refractivity contribution is 5.95. The molecular weight excluding hydrogens is 492 g/mol. The summed E-state index contributed by atoms with van der Waals surface area (Å²) in [6.45, 7) is 7.19. The largest absolute Gasteiger partial charge is 0.480 e. The maximum atomic E-state index is 13.5. The Morgan fingerprint density at radius 2 is 1.55 bits per heavy atom. The van der Waals surface area contributed by atoms with Crippen molar-refractivity contribution >= 4 is 40.5 Å². The number of rotatable bonds is 14. The van der Waals surface area contributed by atoms with Gasteiger partial charge in [-0.1, -0.05) is 45.9 Å². The fourth-order valence-electron chi connectivity index (χ4n) is 4.07. The number of carbonyl (C=O) groups excluding carboxylic acids is 4. The molecule has 2 rings (SSSR count). The van der Waals surface area contributed by atoms with E-state index in [4.69, 9.17) is 11.5 Å². The minimum Gasteiger partial charge on any atom is -0.480 e. The van der Waals surface area contributed by atoms with E-state index in [1.807, 2.05) is 38.1 Å². The van der Waals surface area contributed by atoms with Crippen LogP contribution in [0.1, 0.15) is 46.1 Å². The number of hydrogen-bond donors (Lipinski definition) is 7. The van der Waals surface area contributed by atoms with E-state index in [2.05, 4.69) is 20.9 Å². The normalized spacial score (nSPS) is 14.5. The predicted octanol–water partition coefficient (Wildman–Crippen LogP) is 0.154. The zero-order valence-corrected chi connectivity index (χ0v) is 22.1. The molecule has 4 amide bonds. The Kier molecular flexibility index (Phi) is 10.8. The molecule has 0 fully saturated rings. The van der Waals surface area contributed by atoms with Crippen molar-refractivity contribution in [2.75, 3.05) is 0 Å². The summed E-state index contributed by atoms with van der Waals surface area (Å²) in [6, 6.07) is 2.90. The van der Waals surface area contributed by atoms with Gasteiger partial charge < -0.3 is 37.5 Å². The van der Waals surface area contributed by atoms with Crippen molar-refractivity contribution in [1.82, 2.24) is 20.9 Å². The number of nitrogens with two attached hydrogens (primary N) is 2. The lowest BCUT2D eigenvalue weighted by Crippen LogP contribution is -2.59. The molecule has 0 saturated carbocycles. The molecule has 0 aliphatic carbocycles. The smallest absolute Gasteiger partial charge is 0.326 e. The van der Waals surface area contributed by atoms with Gasteiger partial charge in [-0.15, -0.1) is 0 Å². The molecule has 0 spiro atoms. The van der Waals surface area contributed by atoms with Crippen LogP contribution in [-0.4, -0.2) is 63.9 Å². The number of aliphatic carboxylic acids is 1. The van der Waals surface area contributed by atoms with E-state index < -0.39 is 66.1 Å². The fraction of sp³-hybridized carbons (Fsp3) is 0.500. The molecule has 1 aromatic heterocycles. The summed E-state index contributed by atoms with van der Waals surface area (Å²) in [5.74, 6) is -4.57. The molecule has 208 valence electrons. The maximum absolute atomic E-state index is 13.5. The summed E-state index contributed by atoms with van der Waals surface area (Å²) in [4.78, 5) is 65.1. The minimum atomic E-state index is -1.55. The van der Waals surface area contributed by atoms with Gasteiger partial charge in [0.05, 0.1) is 12.5 Å². The number of hydrogen-bond acceptors (Lipinski definition) is 6. The average Bonchev–Trinajstić information content (AvgIpc) is 3.23. The van der Waals surface area contributed by atoms with Crippen molar-refractivity contribution in [3.63, 3.8) is 0 Å². The van der Waals surface area contributed by atoms with Crippen LogP contribution < -0.4 is 27.4 Å². The number of carboxylic acid groups (broad SMARTS) is 1. The highest BCUT2D eigenvalue weighted by Gasteiger charge is 2.33. The third kappa shape index (κ3) is 8.58. The van der Waals surface area contributed by atoms with Crippen LogP contribution in [-0.2, 0) is 30.4 Å². The second kappa shape index (κ2) is 13.6. The maximum Gasteiger partial charge on any atom is 0.326 e. The van der Waals surface area contributed by atoms with Crippen LogP contribution in [0.25, 0.3) is 10.9 Å². The van der Waals surface area contributed by atoms with Crippen molar-refractivity contribution in [3.8, 4) is 0 Å². The standard InChI is InChI=1S/C26H38N6O6/c1-13(2)9-17(27)23(34)30-19(10-15-12-29-18-8-6-5-7-16(15)18)24(35)32-22(14(3)4)25(36)31-20(26(37)38)11-21(28)33/h5-8,12-14,17,19-20,22,29H,9-11,27H2,1-4H3,(H2,28,33)(H,30,34)(H,31,36)(H,32,35)(H,37,38). The number of carboxylic acids is 1. The van der Waals surface area contributed by atoms with Gasteiger partial charge >= 0.3 is 5.97 Å². The SMILES string of the molecule is CC(C)CC(N)C(=O)NC(Cc1c[nH]c2ccccc12)C(=O)NC(C(=O)NC(CC(N)=O)C(=O)O)C(C)C. The van der Waals surface area contributed by atoms with Crippen molar-refractivity contribution in [3.05, 3.63) is 36.0 Å². The summed E-state index contributed by atoms with van der Waals surface area (Å²) in [7, 11) is 0. The Morgan fingerprint density at radius 3 is 2.13 bits per heavy atom. The highest BCUT2D eigenvalue weighted by atomic mass is 16.4. The molecule has 12 nitrogen and oxygen atoms in total. The van der Waals surface area contributed by atoms with Gasteiger partial charge in [0.1, 0.15) is 18.1 Å².